The summed E-state index contributed by atoms with van der Waals surface area (Å²) in [5.74, 6) is -0.530. The second-order valence-electron chi connectivity index (χ2n) is 3.98. The molecule has 20 heavy (non-hydrogen) atoms. The van der Waals surface area contributed by atoms with Crippen LogP contribution in [-0.2, 0) is 6.54 Å². The Morgan fingerprint density at radius 1 is 1.15 bits per heavy atom. The maximum atomic E-state index is 12.9. The molecular weight excluding hydrogens is 270 g/mol. The molecular formula is C13H10F2N2O3. The van der Waals surface area contributed by atoms with Gasteiger partial charge in [0.05, 0.1) is 17.8 Å². The number of aldehydes is 1. The molecule has 0 N–H and O–H groups in total. The van der Waals surface area contributed by atoms with Gasteiger partial charge in [0.1, 0.15) is 12.5 Å². The number of carbonyl (C=O) groups is 1. The number of aromatic nitrogens is 2. The number of hydrogen-bond acceptors (Lipinski definition) is 3. The molecule has 2 rings (SSSR count). The van der Waals surface area contributed by atoms with Crippen LogP contribution in [-0.4, -0.2) is 22.1 Å². The summed E-state index contributed by atoms with van der Waals surface area (Å²) in [6.07, 6.45) is 1.30. The van der Waals surface area contributed by atoms with Crippen molar-refractivity contribution in [3.05, 3.63) is 62.7 Å². The molecule has 0 aliphatic heterocycles. The normalized spacial score (nSPS) is 10.5. The second-order valence-corrected chi connectivity index (χ2v) is 3.98. The molecule has 0 aliphatic carbocycles. The van der Waals surface area contributed by atoms with E-state index in [9.17, 15) is 23.2 Å². The fraction of sp³-hybridized carbons (Fsp3) is 0.154. The molecule has 0 saturated heterocycles. The second kappa shape index (κ2) is 5.60. The first-order valence-corrected chi connectivity index (χ1v) is 5.72. The monoisotopic (exact) mass is 280 g/mol. The number of benzene rings is 1. The van der Waals surface area contributed by atoms with Crippen LogP contribution in [0, 0.1) is 5.82 Å². The highest BCUT2D eigenvalue weighted by molar-refractivity contribution is 5.73. The van der Waals surface area contributed by atoms with Gasteiger partial charge in [0.25, 0.3) is 5.56 Å². The van der Waals surface area contributed by atoms with Crippen LogP contribution in [0.4, 0.5) is 8.78 Å². The quantitative estimate of drug-likeness (QED) is 0.782. The molecule has 0 saturated carbocycles. The van der Waals surface area contributed by atoms with Crippen molar-refractivity contribution in [1.82, 2.24) is 9.13 Å². The highest BCUT2D eigenvalue weighted by Crippen LogP contribution is 2.05. The molecule has 1 heterocycles. The lowest BCUT2D eigenvalue weighted by Gasteiger charge is -2.10. The van der Waals surface area contributed by atoms with Crippen LogP contribution < -0.4 is 11.2 Å². The van der Waals surface area contributed by atoms with E-state index in [4.69, 9.17) is 0 Å². The Bertz CT molecular complexity index is 748. The summed E-state index contributed by atoms with van der Waals surface area (Å²) in [6.45, 7) is -1.10. The van der Waals surface area contributed by atoms with Gasteiger partial charge in [-0.3, -0.25) is 14.2 Å². The molecule has 2 aromatic rings. The van der Waals surface area contributed by atoms with Crippen molar-refractivity contribution < 1.29 is 13.6 Å². The maximum Gasteiger partial charge on any atom is 0.335 e. The van der Waals surface area contributed by atoms with Crippen molar-refractivity contribution >= 4 is 6.29 Å². The molecule has 104 valence electrons. The van der Waals surface area contributed by atoms with E-state index >= 15 is 0 Å². The average molecular weight is 280 g/mol. The summed E-state index contributed by atoms with van der Waals surface area (Å²) in [6, 6.07) is 4.61. The van der Waals surface area contributed by atoms with Gasteiger partial charge in [-0.2, -0.15) is 0 Å². The zero-order chi connectivity index (χ0) is 14.7. The van der Waals surface area contributed by atoms with Crippen molar-refractivity contribution in [2.45, 2.75) is 6.54 Å². The fourth-order valence-corrected chi connectivity index (χ4v) is 1.77. The van der Waals surface area contributed by atoms with Crippen LogP contribution in [0.3, 0.4) is 0 Å². The largest absolute Gasteiger partial charge is 0.335 e. The fourth-order valence-electron chi connectivity index (χ4n) is 1.77. The van der Waals surface area contributed by atoms with Gasteiger partial charge in [-0.1, -0.05) is 0 Å². The minimum Gasteiger partial charge on any atom is -0.298 e. The molecule has 1 aromatic carbocycles. The first-order valence-electron chi connectivity index (χ1n) is 5.72. The van der Waals surface area contributed by atoms with Crippen LogP contribution in [0.15, 0.2) is 40.1 Å². The average Bonchev–Trinajstić information content (AvgIpc) is 2.44. The van der Waals surface area contributed by atoms with Crippen LogP contribution in [0.25, 0.3) is 5.69 Å². The van der Waals surface area contributed by atoms with Crippen molar-refractivity contribution in [2.75, 3.05) is 6.67 Å². The first-order chi connectivity index (χ1) is 9.58. The van der Waals surface area contributed by atoms with E-state index in [0.29, 0.717) is 4.57 Å². The number of hydrogen-bond donors (Lipinski definition) is 0. The Labute approximate surface area is 111 Å². The molecule has 0 bridgehead atoms. The summed E-state index contributed by atoms with van der Waals surface area (Å²) in [5, 5.41) is 0. The summed E-state index contributed by atoms with van der Waals surface area (Å²) < 4.78 is 26.9. The molecule has 0 atom stereocenters. The van der Waals surface area contributed by atoms with Gasteiger partial charge in [0.15, 0.2) is 6.29 Å². The van der Waals surface area contributed by atoms with E-state index in [2.05, 4.69) is 0 Å². The maximum absolute atomic E-state index is 12.9. The Balaban J connectivity index is 2.76. The topological polar surface area (TPSA) is 61.1 Å². The van der Waals surface area contributed by atoms with E-state index in [1.807, 2.05) is 0 Å². The van der Waals surface area contributed by atoms with Gasteiger partial charge in [0, 0.05) is 6.20 Å². The van der Waals surface area contributed by atoms with E-state index in [1.165, 1.54) is 12.1 Å². The lowest BCUT2D eigenvalue weighted by molar-refractivity contribution is 0.112. The van der Waals surface area contributed by atoms with Gasteiger partial charge in [-0.05, 0) is 24.3 Å². The Morgan fingerprint density at radius 2 is 1.80 bits per heavy atom. The Kier molecular flexibility index (Phi) is 3.88. The van der Waals surface area contributed by atoms with E-state index in [1.54, 1.807) is 0 Å². The van der Waals surface area contributed by atoms with Gasteiger partial charge in [-0.25, -0.2) is 18.1 Å². The summed E-state index contributed by atoms with van der Waals surface area (Å²) in [5.41, 5.74) is -1.78. The molecule has 0 unspecified atom stereocenters. The Hall–Kier alpha value is -2.57. The third-order valence-electron chi connectivity index (χ3n) is 2.72. The molecule has 1 aromatic heterocycles. The number of carbonyl (C=O) groups excluding carboxylic acids is 1. The zero-order valence-corrected chi connectivity index (χ0v) is 10.3. The zero-order valence-electron chi connectivity index (χ0n) is 10.3. The van der Waals surface area contributed by atoms with Gasteiger partial charge < -0.3 is 0 Å². The number of nitrogens with zero attached hydrogens (tertiary/aromatic N) is 2. The highest BCUT2D eigenvalue weighted by atomic mass is 19.1. The predicted octanol–water partition coefficient (Wildman–Crippen LogP) is 0.920. The highest BCUT2D eigenvalue weighted by Gasteiger charge is 2.12. The SMILES string of the molecule is O=Cc1cn(CCF)c(=O)n(-c2ccc(F)cc2)c1=O. The van der Waals surface area contributed by atoms with Gasteiger partial charge >= 0.3 is 5.69 Å². The first kappa shape index (κ1) is 13.9. The molecule has 0 fully saturated rings. The lowest BCUT2D eigenvalue weighted by atomic mass is 10.3. The summed E-state index contributed by atoms with van der Waals surface area (Å²) in [4.78, 5) is 34.9. The molecule has 7 heteroatoms. The minimum atomic E-state index is -0.827. The van der Waals surface area contributed by atoms with Crippen LogP contribution in [0.2, 0.25) is 0 Å². The molecule has 0 aliphatic rings. The smallest absolute Gasteiger partial charge is 0.298 e. The number of rotatable bonds is 4. The van der Waals surface area contributed by atoms with Crippen LogP contribution >= 0.6 is 0 Å². The van der Waals surface area contributed by atoms with Gasteiger partial charge in [-0.15, -0.1) is 0 Å². The van der Waals surface area contributed by atoms with Crippen molar-refractivity contribution in [3.63, 3.8) is 0 Å². The molecule has 5 nitrogen and oxygen atoms in total. The predicted molar refractivity (Wildman–Crippen MR) is 67.6 cm³/mol. The van der Waals surface area contributed by atoms with E-state index < -0.39 is 23.7 Å². The third kappa shape index (κ3) is 2.42. The van der Waals surface area contributed by atoms with Crippen LogP contribution in [0.1, 0.15) is 10.4 Å². The van der Waals surface area contributed by atoms with E-state index in [-0.39, 0.29) is 24.1 Å². The van der Waals surface area contributed by atoms with Crippen molar-refractivity contribution in [2.24, 2.45) is 0 Å². The number of halogens is 2. The number of aryl methyl sites for hydroxylation is 1. The van der Waals surface area contributed by atoms with Crippen molar-refractivity contribution in [3.8, 4) is 5.69 Å². The standard InChI is InChI=1S/C13H10F2N2O3/c14-5-6-16-7-9(8-18)12(19)17(13(16)20)11-3-1-10(15)2-4-11/h1-4,7-8H,5-6H2. The van der Waals surface area contributed by atoms with Gasteiger partial charge in [0.2, 0.25) is 0 Å². The lowest BCUT2D eigenvalue weighted by Crippen LogP contribution is -2.40. The summed E-state index contributed by atoms with van der Waals surface area (Å²) in [7, 11) is 0. The third-order valence-corrected chi connectivity index (χ3v) is 2.72. The van der Waals surface area contributed by atoms with E-state index in [0.717, 1.165) is 22.9 Å². The van der Waals surface area contributed by atoms with Crippen molar-refractivity contribution in [1.29, 1.82) is 0 Å². The minimum absolute atomic E-state index is 0.109. The van der Waals surface area contributed by atoms with Crippen LogP contribution in [0.5, 0.6) is 0 Å². The molecule has 0 radical (unpaired) electrons. The number of alkyl halides is 1. The summed E-state index contributed by atoms with van der Waals surface area (Å²) >= 11 is 0. The molecule has 0 spiro atoms. The Morgan fingerprint density at radius 3 is 2.35 bits per heavy atom. The molecule has 0 amide bonds.